The van der Waals surface area contributed by atoms with Crippen molar-refractivity contribution < 1.29 is 9.05 Å². The van der Waals surface area contributed by atoms with E-state index in [2.05, 4.69) is 15.3 Å². The number of hydrogen-bond acceptors (Lipinski definition) is 6. The van der Waals surface area contributed by atoms with E-state index in [1.165, 1.54) is 0 Å². The summed E-state index contributed by atoms with van der Waals surface area (Å²) in [6.07, 6.45) is 0. The van der Waals surface area contributed by atoms with Crippen molar-refractivity contribution >= 4 is 0 Å². The summed E-state index contributed by atoms with van der Waals surface area (Å²) in [5.41, 5.74) is 5.86. The van der Waals surface area contributed by atoms with E-state index < -0.39 is 0 Å². The molecule has 0 aliphatic heterocycles. The molecule has 6 nitrogen and oxygen atoms in total. The molecule has 13 heavy (non-hydrogen) atoms. The summed E-state index contributed by atoms with van der Waals surface area (Å²) in [6, 6.07) is 1.73. The lowest BCUT2D eigenvalue weighted by molar-refractivity contribution is 0.378. The number of aromatic nitrogens is 3. The topological polar surface area (TPSA) is 91.0 Å². The van der Waals surface area contributed by atoms with Crippen LogP contribution in [0.3, 0.4) is 0 Å². The molecule has 0 aromatic carbocycles. The van der Waals surface area contributed by atoms with Crippen LogP contribution in [-0.4, -0.2) is 15.3 Å². The number of nitrogens with zero attached hydrogens (tertiary/aromatic N) is 3. The minimum atomic E-state index is 0.226. The van der Waals surface area contributed by atoms with Gasteiger partial charge in [-0.05, 0) is 6.92 Å². The van der Waals surface area contributed by atoms with E-state index in [4.69, 9.17) is 14.8 Å². The lowest BCUT2D eigenvalue weighted by Crippen LogP contribution is -1.95. The summed E-state index contributed by atoms with van der Waals surface area (Å²) in [4.78, 5) is 3.99. The van der Waals surface area contributed by atoms with Crippen LogP contribution < -0.4 is 5.73 Å². The van der Waals surface area contributed by atoms with Crippen molar-refractivity contribution in [2.45, 2.75) is 13.5 Å². The number of hydrogen-bond donors (Lipinski definition) is 1. The summed E-state index contributed by atoms with van der Waals surface area (Å²) < 4.78 is 9.67. The Kier molecular flexibility index (Phi) is 1.82. The van der Waals surface area contributed by atoms with Crippen LogP contribution in [0.2, 0.25) is 0 Å². The maximum Gasteiger partial charge on any atom is 0.240 e. The minimum Gasteiger partial charge on any atom is -0.361 e. The number of rotatable bonds is 2. The first-order valence-corrected chi connectivity index (χ1v) is 3.76. The molecular weight excluding hydrogens is 172 g/mol. The van der Waals surface area contributed by atoms with Crippen LogP contribution in [-0.2, 0) is 6.54 Å². The zero-order chi connectivity index (χ0) is 9.26. The van der Waals surface area contributed by atoms with Crippen molar-refractivity contribution in [3.8, 4) is 11.5 Å². The highest BCUT2D eigenvalue weighted by Gasteiger charge is 2.10. The monoisotopic (exact) mass is 180 g/mol. The molecule has 2 heterocycles. The first kappa shape index (κ1) is 7.93. The fraction of sp³-hybridized carbons (Fsp3) is 0.286. The molecule has 0 saturated carbocycles. The highest BCUT2D eigenvalue weighted by molar-refractivity contribution is 5.47. The maximum absolute atomic E-state index is 5.31. The molecule has 2 aromatic heterocycles. The Hall–Kier alpha value is -1.69. The second kappa shape index (κ2) is 2.98. The summed E-state index contributed by atoms with van der Waals surface area (Å²) in [5, 5.41) is 7.41. The van der Waals surface area contributed by atoms with Gasteiger partial charge in [0.1, 0.15) is 5.76 Å². The molecular formula is C7H8N4O2. The SMILES string of the molecule is Cc1cc(-c2noc(CN)n2)no1. The molecule has 0 amide bonds. The molecule has 0 radical (unpaired) electrons. The van der Waals surface area contributed by atoms with Gasteiger partial charge in [-0.1, -0.05) is 10.3 Å². The van der Waals surface area contributed by atoms with E-state index in [0.29, 0.717) is 23.2 Å². The molecule has 2 N–H and O–H groups in total. The van der Waals surface area contributed by atoms with Gasteiger partial charge in [0.15, 0.2) is 5.69 Å². The summed E-state index contributed by atoms with van der Waals surface area (Å²) in [6.45, 7) is 2.02. The average Bonchev–Trinajstić information content (AvgIpc) is 2.71. The van der Waals surface area contributed by atoms with Gasteiger partial charge in [0.2, 0.25) is 11.7 Å². The lowest BCUT2D eigenvalue weighted by atomic mass is 10.4. The van der Waals surface area contributed by atoms with Crippen molar-refractivity contribution in [3.05, 3.63) is 17.7 Å². The molecule has 0 atom stereocenters. The molecule has 0 spiro atoms. The van der Waals surface area contributed by atoms with Crippen molar-refractivity contribution in [1.82, 2.24) is 15.3 Å². The second-order valence-corrected chi connectivity index (χ2v) is 2.54. The zero-order valence-corrected chi connectivity index (χ0v) is 7.02. The lowest BCUT2D eigenvalue weighted by Gasteiger charge is -1.79. The Bertz CT molecular complexity index is 406. The second-order valence-electron chi connectivity index (χ2n) is 2.54. The highest BCUT2D eigenvalue weighted by Crippen LogP contribution is 2.14. The van der Waals surface area contributed by atoms with Gasteiger partial charge in [0, 0.05) is 6.07 Å². The van der Waals surface area contributed by atoms with Crippen LogP contribution in [0.25, 0.3) is 11.5 Å². The third kappa shape index (κ3) is 1.43. The van der Waals surface area contributed by atoms with E-state index in [1.54, 1.807) is 13.0 Å². The molecule has 0 fully saturated rings. The third-order valence-corrected chi connectivity index (χ3v) is 1.50. The van der Waals surface area contributed by atoms with Gasteiger partial charge in [-0.25, -0.2) is 0 Å². The van der Waals surface area contributed by atoms with E-state index in [9.17, 15) is 0 Å². The zero-order valence-electron chi connectivity index (χ0n) is 7.02. The normalized spacial score (nSPS) is 10.6. The van der Waals surface area contributed by atoms with Crippen LogP contribution in [0.4, 0.5) is 0 Å². The molecule has 0 unspecified atom stereocenters. The van der Waals surface area contributed by atoms with E-state index in [-0.39, 0.29) is 6.54 Å². The van der Waals surface area contributed by atoms with Gasteiger partial charge in [-0.15, -0.1) is 0 Å². The fourth-order valence-electron chi connectivity index (χ4n) is 0.914. The Morgan fingerprint density at radius 2 is 2.23 bits per heavy atom. The predicted octanol–water partition coefficient (Wildman–Crippen LogP) is 0.492. The Balaban J connectivity index is 2.35. The average molecular weight is 180 g/mol. The fourth-order valence-corrected chi connectivity index (χ4v) is 0.914. The highest BCUT2D eigenvalue weighted by atomic mass is 16.5. The van der Waals surface area contributed by atoms with Gasteiger partial charge in [0.05, 0.1) is 6.54 Å². The quantitative estimate of drug-likeness (QED) is 0.723. The van der Waals surface area contributed by atoms with Crippen LogP contribution >= 0.6 is 0 Å². The first-order valence-electron chi connectivity index (χ1n) is 3.76. The predicted molar refractivity (Wildman–Crippen MR) is 42.4 cm³/mol. The van der Waals surface area contributed by atoms with E-state index in [0.717, 1.165) is 0 Å². The molecule has 0 aliphatic rings. The molecule has 68 valence electrons. The minimum absolute atomic E-state index is 0.226. The van der Waals surface area contributed by atoms with Gasteiger partial charge < -0.3 is 14.8 Å². The van der Waals surface area contributed by atoms with Gasteiger partial charge in [0.25, 0.3) is 0 Å². The molecule has 2 rings (SSSR count). The molecule has 0 aliphatic carbocycles. The van der Waals surface area contributed by atoms with Crippen LogP contribution in [0, 0.1) is 6.92 Å². The van der Waals surface area contributed by atoms with Gasteiger partial charge >= 0.3 is 0 Å². The summed E-state index contributed by atoms with van der Waals surface area (Å²) in [7, 11) is 0. The van der Waals surface area contributed by atoms with Crippen LogP contribution in [0.15, 0.2) is 15.1 Å². The van der Waals surface area contributed by atoms with Crippen LogP contribution in [0.5, 0.6) is 0 Å². The van der Waals surface area contributed by atoms with Crippen molar-refractivity contribution in [1.29, 1.82) is 0 Å². The molecule has 0 bridgehead atoms. The Labute approximate surface area is 73.7 Å². The largest absolute Gasteiger partial charge is 0.361 e. The summed E-state index contributed by atoms with van der Waals surface area (Å²) in [5.74, 6) is 1.49. The van der Waals surface area contributed by atoms with Crippen molar-refractivity contribution in [3.63, 3.8) is 0 Å². The van der Waals surface area contributed by atoms with Crippen molar-refractivity contribution in [2.75, 3.05) is 0 Å². The van der Waals surface area contributed by atoms with Gasteiger partial charge in [-0.2, -0.15) is 4.98 Å². The molecule has 0 saturated heterocycles. The number of aryl methyl sites for hydroxylation is 1. The number of nitrogens with two attached hydrogens (primary N) is 1. The molecule has 2 aromatic rings. The maximum atomic E-state index is 5.31. The van der Waals surface area contributed by atoms with E-state index >= 15 is 0 Å². The summed E-state index contributed by atoms with van der Waals surface area (Å²) >= 11 is 0. The third-order valence-electron chi connectivity index (χ3n) is 1.50. The first-order chi connectivity index (χ1) is 6.29. The van der Waals surface area contributed by atoms with Gasteiger partial charge in [-0.3, -0.25) is 0 Å². The van der Waals surface area contributed by atoms with Crippen LogP contribution in [0.1, 0.15) is 11.7 Å². The smallest absolute Gasteiger partial charge is 0.240 e. The Morgan fingerprint density at radius 1 is 1.38 bits per heavy atom. The standard InChI is InChI=1S/C7H8N4O2/c1-4-2-5(10-12-4)7-9-6(3-8)13-11-7/h2H,3,8H2,1H3. The van der Waals surface area contributed by atoms with E-state index in [1.807, 2.05) is 0 Å². The Morgan fingerprint density at radius 3 is 2.77 bits per heavy atom. The van der Waals surface area contributed by atoms with Crippen molar-refractivity contribution in [2.24, 2.45) is 5.73 Å². The molecule has 6 heteroatoms.